The molecule has 7 nitrogen and oxygen atoms in total. The van der Waals surface area contributed by atoms with E-state index in [2.05, 4.69) is 5.32 Å². The molecule has 0 bridgehead atoms. The van der Waals surface area contributed by atoms with E-state index >= 15 is 0 Å². The molecule has 0 spiro atoms. The normalized spacial score (nSPS) is 14.4. The lowest BCUT2D eigenvalue weighted by Gasteiger charge is -2.34. The molecule has 0 saturated heterocycles. The Bertz CT molecular complexity index is 1550. The molecule has 4 rings (SSSR count). The second kappa shape index (κ2) is 14.3. The zero-order valence-corrected chi connectivity index (χ0v) is 27.5. The molecule has 1 atom stereocenters. The van der Waals surface area contributed by atoms with E-state index < -0.39 is 28.5 Å². The molecule has 0 heterocycles. The van der Waals surface area contributed by atoms with Gasteiger partial charge < -0.3 is 10.2 Å². The minimum absolute atomic E-state index is 0.0225. The summed E-state index contributed by atoms with van der Waals surface area (Å²) in [6.45, 7) is 4.82. The monoisotopic (exact) mass is 663 g/mol. The van der Waals surface area contributed by atoms with Gasteiger partial charge in [-0.3, -0.25) is 13.9 Å². The average molecular weight is 665 g/mol. The number of nitrogens with zero attached hydrogens (tertiary/aromatic N) is 2. The van der Waals surface area contributed by atoms with Crippen LogP contribution in [0.4, 0.5) is 5.69 Å². The van der Waals surface area contributed by atoms with Gasteiger partial charge in [0.05, 0.1) is 10.6 Å². The van der Waals surface area contributed by atoms with Gasteiger partial charge in [0.1, 0.15) is 12.6 Å². The fraction of sp³-hybridized carbons (Fsp3) is 0.375. The van der Waals surface area contributed by atoms with Crippen molar-refractivity contribution in [3.05, 3.63) is 92.4 Å². The van der Waals surface area contributed by atoms with E-state index in [1.807, 2.05) is 13.8 Å². The lowest BCUT2D eigenvalue weighted by molar-refractivity contribution is -0.140. The minimum Gasteiger partial charge on any atom is -0.352 e. The van der Waals surface area contributed by atoms with Gasteiger partial charge in [0.2, 0.25) is 11.8 Å². The maximum atomic E-state index is 14.3. The van der Waals surface area contributed by atoms with Gasteiger partial charge >= 0.3 is 0 Å². The molecule has 0 unspecified atom stereocenters. The van der Waals surface area contributed by atoms with E-state index in [0.717, 1.165) is 41.1 Å². The summed E-state index contributed by atoms with van der Waals surface area (Å²) >= 11 is 19.4. The smallest absolute Gasteiger partial charge is 0.264 e. The molecule has 0 aliphatic heterocycles. The van der Waals surface area contributed by atoms with Crippen molar-refractivity contribution in [2.24, 2.45) is 0 Å². The number of nitrogens with one attached hydrogen (secondary N) is 1. The maximum Gasteiger partial charge on any atom is 0.264 e. The Labute approximate surface area is 269 Å². The zero-order chi connectivity index (χ0) is 31.3. The first-order valence-corrected chi connectivity index (χ1v) is 16.9. The van der Waals surface area contributed by atoms with Crippen LogP contribution in [-0.4, -0.2) is 43.8 Å². The van der Waals surface area contributed by atoms with Crippen LogP contribution in [0.15, 0.2) is 65.6 Å². The van der Waals surface area contributed by atoms with Gasteiger partial charge in [-0.15, -0.1) is 0 Å². The number of amides is 2. The molecule has 43 heavy (non-hydrogen) atoms. The van der Waals surface area contributed by atoms with E-state index in [1.165, 1.54) is 23.1 Å². The topological polar surface area (TPSA) is 86.8 Å². The van der Waals surface area contributed by atoms with E-state index in [9.17, 15) is 18.0 Å². The fourth-order valence-corrected chi connectivity index (χ4v) is 7.34. The van der Waals surface area contributed by atoms with E-state index in [0.29, 0.717) is 27.1 Å². The predicted molar refractivity (Wildman–Crippen MR) is 173 cm³/mol. The molecule has 3 aromatic rings. The van der Waals surface area contributed by atoms with Gasteiger partial charge in [-0.05, 0) is 75.1 Å². The number of carbonyl (C=O) groups is 2. The summed E-state index contributed by atoms with van der Waals surface area (Å²) < 4.78 is 29.2. The van der Waals surface area contributed by atoms with Crippen LogP contribution in [0.2, 0.25) is 15.1 Å². The number of hydrogen-bond acceptors (Lipinski definition) is 4. The van der Waals surface area contributed by atoms with Crippen molar-refractivity contribution in [3.63, 3.8) is 0 Å². The van der Waals surface area contributed by atoms with Gasteiger partial charge in [-0.25, -0.2) is 8.42 Å². The first-order chi connectivity index (χ1) is 20.4. The summed E-state index contributed by atoms with van der Waals surface area (Å²) in [5, 5.41) is 4.13. The van der Waals surface area contributed by atoms with Crippen molar-refractivity contribution in [2.75, 3.05) is 10.8 Å². The molecule has 3 aromatic carbocycles. The summed E-state index contributed by atoms with van der Waals surface area (Å²) in [6.07, 6.45) is 4.12. The summed E-state index contributed by atoms with van der Waals surface area (Å²) in [7, 11) is -4.22. The van der Waals surface area contributed by atoms with Crippen LogP contribution >= 0.6 is 34.8 Å². The number of rotatable bonds is 11. The highest BCUT2D eigenvalue weighted by Crippen LogP contribution is 2.31. The Hall–Kier alpha value is -2.78. The lowest BCUT2D eigenvalue weighted by atomic mass is 10.1. The molecule has 0 aromatic heterocycles. The molecule has 1 aliphatic rings. The average Bonchev–Trinajstić information content (AvgIpc) is 3.47. The predicted octanol–water partition coefficient (Wildman–Crippen LogP) is 7.33. The highest BCUT2D eigenvalue weighted by Gasteiger charge is 2.35. The van der Waals surface area contributed by atoms with E-state index in [-0.39, 0.29) is 29.1 Å². The molecule has 1 aliphatic carbocycles. The zero-order valence-electron chi connectivity index (χ0n) is 24.4. The number of carbonyl (C=O) groups excluding carboxylic acids is 2. The van der Waals surface area contributed by atoms with E-state index in [1.54, 1.807) is 49.4 Å². The van der Waals surface area contributed by atoms with Crippen molar-refractivity contribution in [1.82, 2.24) is 10.2 Å². The number of hydrogen-bond donors (Lipinski definition) is 1. The Balaban J connectivity index is 1.76. The largest absolute Gasteiger partial charge is 0.352 e. The number of halogens is 3. The van der Waals surface area contributed by atoms with Crippen LogP contribution in [-0.2, 0) is 26.2 Å². The van der Waals surface area contributed by atoms with Gasteiger partial charge in [-0.1, -0.05) is 84.4 Å². The van der Waals surface area contributed by atoms with Crippen molar-refractivity contribution in [3.8, 4) is 0 Å². The van der Waals surface area contributed by atoms with Crippen LogP contribution in [0, 0.1) is 13.8 Å². The molecule has 1 fully saturated rings. The molecule has 1 N–H and O–H groups in total. The van der Waals surface area contributed by atoms with Crippen molar-refractivity contribution in [2.45, 2.75) is 76.4 Å². The minimum atomic E-state index is -4.22. The molecule has 230 valence electrons. The second-order valence-corrected chi connectivity index (χ2v) is 14.0. The van der Waals surface area contributed by atoms with Crippen LogP contribution in [0.3, 0.4) is 0 Å². The highest BCUT2D eigenvalue weighted by atomic mass is 35.5. The molecular weight excluding hydrogens is 629 g/mol. The molecule has 1 saturated carbocycles. The lowest BCUT2D eigenvalue weighted by Crippen LogP contribution is -2.53. The third-order valence-corrected chi connectivity index (χ3v) is 10.7. The Morgan fingerprint density at radius 2 is 1.56 bits per heavy atom. The Morgan fingerprint density at radius 3 is 2.14 bits per heavy atom. The standard InChI is InChI=1S/C32H36Cl3N3O4S/c1-4-30(32(40)36-23-8-5-6-9-23)37(19-26-27(33)10-7-11-28(26)34)31(39)20-38(24-15-14-22(3)29(35)18-24)43(41,42)25-16-12-21(2)13-17-25/h7,10-18,23,30H,4-6,8-9,19-20H2,1-3H3,(H,36,40)/t30-/m1/s1. The third-order valence-electron chi connectivity index (χ3n) is 7.81. The third kappa shape index (κ3) is 7.85. The number of benzene rings is 3. The number of sulfonamides is 1. The molecule has 0 radical (unpaired) electrons. The summed E-state index contributed by atoms with van der Waals surface area (Å²) in [4.78, 5) is 29.3. The maximum absolute atomic E-state index is 14.3. The van der Waals surface area contributed by atoms with Gasteiger partial charge in [0.25, 0.3) is 10.0 Å². The van der Waals surface area contributed by atoms with Crippen LogP contribution in [0.5, 0.6) is 0 Å². The summed E-state index contributed by atoms with van der Waals surface area (Å²) in [5.41, 5.74) is 2.34. The first-order valence-electron chi connectivity index (χ1n) is 14.3. The van der Waals surface area contributed by atoms with Gasteiger partial charge in [0.15, 0.2) is 0 Å². The Morgan fingerprint density at radius 1 is 0.930 bits per heavy atom. The number of anilines is 1. The van der Waals surface area contributed by atoms with Crippen LogP contribution < -0.4 is 9.62 Å². The van der Waals surface area contributed by atoms with Crippen molar-refractivity contribution in [1.29, 1.82) is 0 Å². The first kappa shape index (κ1) is 33.1. The second-order valence-electron chi connectivity index (χ2n) is 10.9. The van der Waals surface area contributed by atoms with Crippen molar-refractivity contribution < 1.29 is 18.0 Å². The van der Waals surface area contributed by atoms with Gasteiger partial charge in [0, 0.05) is 33.2 Å². The Kier molecular flexibility index (Phi) is 11.0. The fourth-order valence-electron chi connectivity index (χ4n) is 5.24. The summed E-state index contributed by atoms with van der Waals surface area (Å²) in [5.74, 6) is -0.881. The SMILES string of the molecule is CC[C@H](C(=O)NC1CCCC1)N(Cc1c(Cl)cccc1Cl)C(=O)CN(c1ccc(C)c(Cl)c1)S(=O)(=O)c1ccc(C)cc1. The molecule has 11 heteroatoms. The number of aryl methyl sites for hydroxylation is 2. The highest BCUT2D eigenvalue weighted by molar-refractivity contribution is 7.92. The quantitative estimate of drug-likeness (QED) is 0.233. The molecular formula is C32H36Cl3N3O4S. The van der Waals surface area contributed by atoms with Crippen LogP contribution in [0.25, 0.3) is 0 Å². The van der Waals surface area contributed by atoms with Gasteiger partial charge in [-0.2, -0.15) is 0 Å². The molecule has 2 amide bonds. The van der Waals surface area contributed by atoms with Crippen LogP contribution in [0.1, 0.15) is 55.7 Å². The summed E-state index contributed by atoms with van der Waals surface area (Å²) in [6, 6.07) is 15.4. The van der Waals surface area contributed by atoms with E-state index in [4.69, 9.17) is 34.8 Å². The van der Waals surface area contributed by atoms with Crippen molar-refractivity contribution >= 4 is 62.3 Å².